The molecule has 0 saturated heterocycles. The molecule has 0 radical (unpaired) electrons. The van der Waals surface area contributed by atoms with Crippen molar-refractivity contribution in [3.8, 4) is 0 Å². The molecule has 116 valence electrons. The lowest BCUT2D eigenvalue weighted by Crippen LogP contribution is -1.88. The Morgan fingerprint density at radius 3 is 1.75 bits per heavy atom. The Bertz CT molecular complexity index is 312. The maximum absolute atomic E-state index is 2.38. The summed E-state index contributed by atoms with van der Waals surface area (Å²) in [6, 6.07) is 8.98. The van der Waals surface area contributed by atoms with Crippen LogP contribution in [0.5, 0.6) is 0 Å². The third kappa shape index (κ3) is 14.5. The minimum absolute atomic E-state index is 0.331. The van der Waals surface area contributed by atoms with E-state index in [9.17, 15) is 0 Å². The number of benzene rings is 1. The van der Waals surface area contributed by atoms with E-state index in [1.165, 1.54) is 49.4 Å². The smallest absolute Gasteiger partial charge is 0.0279 e. The van der Waals surface area contributed by atoms with Crippen LogP contribution in [0.3, 0.4) is 0 Å². The van der Waals surface area contributed by atoms with Gasteiger partial charge in [0, 0.05) is 0 Å². The number of hydrogen-bond acceptors (Lipinski definition) is 0. The van der Waals surface area contributed by atoms with Crippen molar-refractivity contribution in [1.29, 1.82) is 0 Å². The normalized spacial score (nSPS) is 10.6. The van der Waals surface area contributed by atoms with Crippen LogP contribution in [-0.4, -0.2) is 39.5 Å². The van der Waals surface area contributed by atoms with Gasteiger partial charge in [0.15, 0.2) is 0 Å². The summed E-state index contributed by atoms with van der Waals surface area (Å²) < 4.78 is 0. The summed E-state index contributed by atoms with van der Waals surface area (Å²) in [5.41, 5.74) is 2.86. The predicted molar refractivity (Wildman–Crippen MR) is 102 cm³/mol. The van der Waals surface area contributed by atoms with Gasteiger partial charge in [-0.05, 0) is 71.2 Å². The molecule has 0 aliphatic rings. The highest BCUT2D eigenvalue weighted by atomic mass is 31.1. The van der Waals surface area contributed by atoms with E-state index >= 15 is 0 Å². The lowest BCUT2D eigenvalue weighted by atomic mass is 10.1. The van der Waals surface area contributed by atoms with E-state index in [1.807, 2.05) is 0 Å². The van der Waals surface area contributed by atoms with Crippen molar-refractivity contribution < 1.29 is 0 Å². The van der Waals surface area contributed by atoms with E-state index in [0.29, 0.717) is 15.8 Å². The lowest BCUT2D eigenvalue weighted by molar-refractivity contribution is 0.669. The van der Waals surface area contributed by atoms with Crippen LogP contribution in [0.1, 0.15) is 36.8 Å². The number of unbranched alkanes of at least 4 members (excludes halogenated alkanes) is 3. The van der Waals surface area contributed by atoms with Crippen molar-refractivity contribution >= 4 is 15.8 Å². The van der Waals surface area contributed by atoms with Crippen molar-refractivity contribution in [1.82, 2.24) is 0 Å². The Morgan fingerprint density at radius 1 is 0.750 bits per heavy atom. The first-order chi connectivity index (χ1) is 9.41. The van der Waals surface area contributed by atoms with Crippen LogP contribution < -0.4 is 0 Å². The van der Waals surface area contributed by atoms with Gasteiger partial charge in [0.05, 0.1) is 0 Å². The lowest BCUT2D eigenvalue weighted by Gasteiger charge is -2.05. The first-order valence-corrected chi connectivity index (χ1v) is 12.8. The van der Waals surface area contributed by atoms with Gasteiger partial charge in [-0.3, -0.25) is 0 Å². The van der Waals surface area contributed by atoms with E-state index in [2.05, 4.69) is 64.5 Å². The minimum Gasteiger partial charge on any atom is -0.116 e. The summed E-state index contributed by atoms with van der Waals surface area (Å²) in [6.45, 7) is 13.6. The molecule has 0 aliphatic heterocycles. The first kappa shape index (κ1) is 20.1. The zero-order valence-corrected chi connectivity index (χ0v) is 16.2. The third-order valence-electron chi connectivity index (χ3n) is 2.94. The zero-order valence-electron chi connectivity index (χ0n) is 14.4. The van der Waals surface area contributed by atoms with Crippen LogP contribution in [-0.2, 0) is 6.42 Å². The van der Waals surface area contributed by atoms with Gasteiger partial charge in [-0.15, -0.1) is 15.8 Å². The Kier molecular flexibility index (Phi) is 12.8. The van der Waals surface area contributed by atoms with Gasteiger partial charge in [-0.25, -0.2) is 0 Å². The second-order valence-electron chi connectivity index (χ2n) is 6.29. The fourth-order valence-electron chi connectivity index (χ4n) is 1.87. The fourth-order valence-corrected chi connectivity index (χ4v) is 2.72. The summed E-state index contributed by atoms with van der Waals surface area (Å²) in [4.78, 5) is 0. The monoisotopic (exact) mass is 312 g/mol. The summed E-state index contributed by atoms with van der Waals surface area (Å²) in [7, 11) is 0.711. The summed E-state index contributed by atoms with van der Waals surface area (Å²) >= 11 is 0. The number of hydrogen-bond donors (Lipinski definition) is 0. The maximum atomic E-state index is 2.38. The number of rotatable bonds is 7. The molecule has 0 bridgehead atoms. The van der Waals surface area contributed by atoms with Crippen LogP contribution in [0.25, 0.3) is 0 Å². The zero-order chi connectivity index (χ0) is 15.4. The molecule has 0 fully saturated rings. The van der Waals surface area contributed by atoms with E-state index in [0.717, 1.165) is 0 Å². The van der Waals surface area contributed by atoms with Gasteiger partial charge >= 0.3 is 0 Å². The Morgan fingerprint density at radius 2 is 1.25 bits per heavy atom. The van der Waals surface area contributed by atoms with Crippen molar-refractivity contribution in [3.63, 3.8) is 0 Å². The standard InChI is InChI=1S/C15H25P.C3H9P/c1-14-9-11-15(12-10-14)8-6-4-5-7-13-16(2)3;1-4(2)3/h9-12H,4-8,13H2,1-3H3;1-3H3. The van der Waals surface area contributed by atoms with Gasteiger partial charge in [0.2, 0.25) is 0 Å². The molecule has 0 spiro atoms. The first-order valence-electron chi connectivity index (χ1n) is 7.73. The van der Waals surface area contributed by atoms with Crippen LogP contribution in [0.2, 0.25) is 0 Å². The third-order valence-corrected chi connectivity index (χ3v) is 4.15. The number of aryl methyl sites for hydroxylation is 2. The summed E-state index contributed by atoms with van der Waals surface area (Å²) in [6.07, 6.45) is 8.33. The average Bonchev–Trinajstić information content (AvgIpc) is 2.35. The van der Waals surface area contributed by atoms with E-state index in [1.54, 1.807) is 0 Å². The Labute approximate surface area is 130 Å². The highest BCUT2D eigenvalue weighted by molar-refractivity contribution is 7.56. The van der Waals surface area contributed by atoms with Gasteiger partial charge < -0.3 is 0 Å². The molecule has 0 aromatic heterocycles. The maximum Gasteiger partial charge on any atom is -0.0279 e. The fraction of sp³-hybridized carbons (Fsp3) is 0.667. The topological polar surface area (TPSA) is 0 Å². The molecule has 2 heteroatoms. The molecule has 1 rings (SSSR count). The second kappa shape index (κ2) is 12.8. The molecule has 0 N–H and O–H groups in total. The minimum atomic E-state index is 0.331. The summed E-state index contributed by atoms with van der Waals surface area (Å²) in [5.74, 6) is 0. The molecule has 0 nitrogen and oxygen atoms in total. The molecule has 1 aromatic carbocycles. The van der Waals surface area contributed by atoms with Crippen LogP contribution >= 0.6 is 15.8 Å². The van der Waals surface area contributed by atoms with E-state index in [4.69, 9.17) is 0 Å². The highest BCUT2D eigenvalue weighted by Gasteiger charge is 1.95. The molecule has 0 amide bonds. The van der Waals surface area contributed by atoms with Crippen molar-refractivity contribution in [2.24, 2.45) is 0 Å². The van der Waals surface area contributed by atoms with Gasteiger partial charge in [-0.1, -0.05) is 42.7 Å². The Balaban J connectivity index is 0.000000796. The molecule has 0 heterocycles. The Hall–Kier alpha value is 0.0800. The predicted octanol–water partition coefficient (Wildman–Crippen LogP) is 6.20. The molecule has 0 atom stereocenters. The molecule has 0 aliphatic carbocycles. The largest absolute Gasteiger partial charge is 0.116 e. The van der Waals surface area contributed by atoms with Crippen LogP contribution in [0.4, 0.5) is 0 Å². The van der Waals surface area contributed by atoms with E-state index in [-0.39, 0.29) is 0 Å². The van der Waals surface area contributed by atoms with Gasteiger partial charge in [0.1, 0.15) is 0 Å². The van der Waals surface area contributed by atoms with Crippen LogP contribution in [0.15, 0.2) is 24.3 Å². The summed E-state index contributed by atoms with van der Waals surface area (Å²) in [5, 5.41) is 0. The van der Waals surface area contributed by atoms with Crippen molar-refractivity contribution in [3.05, 3.63) is 35.4 Å². The van der Waals surface area contributed by atoms with Crippen molar-refractivity contribution in [2.75, 3.05) is 39.5 Å². The van der Waals surface area contributed by atoms with Crippen molar-refractivity contribution in [2.45, 2.75) is 39.0 Å². The quantitative estimate of drug-likeness (QED) is 0.415. The molecule has 0 unspecified atom stereocenters. The average molecular weight is 312 g/mol. The second-order valence-corrected chi connectivity index (χ2v) is 11.6. The van der Waals surface area contributed by atoms with Gasteiger partial charge in [0.25, 0.3) is 0 Å². The molecule has 1 aromatic rings. The van der Waals surface area contributed by atoms with Gasteiger partial charge in [-0.2, -0.15) is 0 Å². The van der Waals surface area contributed by atoms with E-state index < -0.39 is 0 Å². The highest BCUT2D eigenvalue weighted by Crippen LogP contribution is 2.26. The SMILES string of the molecule is CP(C)C.Cc1ccc(CCCCCCP(C)C)cc1. The molecular weight excluding hydrogens is 278 g/mol. The molecular formula is C18H34P2. The molecule has 20 heavy (non-hydrogen) atoms. The molecule has 0 saturated carbocycles. The van der Waals surface area contributed by atoms with Crippen LogP contribution in [0, 0.1) is 6.92 Å².